The molecule has 0 heterocycles. The zero-order valence-corrected chi connectivity index (χ0v) is 33.5. The number of hydrogen-bond donors (Lipinski definition) is 0. The van der Waals surface area contributed by atoms with Gasteiger partial charge in [0.1, 0.15) is 0 Å². The Balaban J connectivity index is 3.78. The van der Waals surface area contributed by atoms with Crippen LogP contribution in [0, 0.1) is 11.8 Å². The molecule has 278 valence electrons. The third-order valence-corrected chi connectivity index (χ3v) is 10.6. The van der Waals surface area contributed by atoms with E-state index in [-0.39, 0.29) is 0 Å². The maximum Gasteiger partial charge on any atom is -0.00187 e. The molecule has 0 aliphatic heterocycles. The maximum absolute atomic E-state index is 2.86. The number of unbranched alkanes of at least 4 members (excludes halogenated alkanes) is 30. The van der Waals surface area contributed by atoms with Crippen molar-refractivity contribution in [3.63, 3.8) is 0 Å². The minimum atomic E-state index is 0.891. The third-order valence-electron chi connectivity index (χ3n) is 10.6. The van der Waals surface area contributed by atoms with Gasteiger partial charge in [0.25, 0.3) is 0 Å². The van der Waals surface area contributed by atoms with Gasteiger partial charge < -0.3 is 4.90 Å². The lowest BCUT2D eigenvalue weighted by molar-refractivity contribution is 0.254. The smallest absolute Gasteiger partial charge is 0.00187 e. The van der Waals surface area contributed by atoms with E-state index in [1.807, 2.05) is 0 Å². The van der Waals surface area contributed by atoms with Gasteiger partial charge in [-0.1, -0.05) is 240 Å². The van der Waals surface area contributed by atoms with E-state index in [9.17, 15) is 0 Å². The van der Waals surface area contributed by atoms with Crippen LogP contribution < -0.4 is 0 Å². The van der Waals surface area contributed by atoms with E-state index in [0.717, 1.165) is 11.8 Å². The minimum absolute atomic E-state index is 0.891. The largest absolute Gasteiger partial charge is 0.303 e. The molecule has 0 fully saturated rings. The molecule has 0 aromatic carbocycles. The molecule has 0 aromatic rings. The van der Waals surface area contributed by atoms with Gasteiger partial charge in [0, 0.05) is 0 Å². The third kappa shape index (κ3) is 40.1. The van der Waals surface area contributed by atoms with Crippen molar-refractivity contribution in [3.8, 4) is 0 Å². The maximum atomic E-state index is 2.86. The fourth-order valence-corrected chi connectivity index (χ4v) is 7.29. The standard InChI is InChI=1S/C45H93N/c1-6-7-8-9-26-31-36-41-46(42-37-32-27-22-18-14-10-12-16-20-24-29-34-39-44(2)3)43-38-33-28-23-19-15-11-13-17-21-25-30-35-40-45(4)5/h44-45H,6-43H2,1-5H3. The van der Waals surface area contributed by atoms with E-state index in [4.69, 9.17) is 0 Å². The summed E-state index contributed by atoms with van der Waals surface area (Å²) in [7, 11) is 0. The molecule has 0 amide bonds. The molecule has 0 rings (SSSR count). The van der Waals surface area contributed by atoms with Crippen molar-refractivity contribution in [2.75, 3.05) is 19.6 Å². The summed E-state index contributed by atoms with van der Waals surface area (Å²) in [5.74, 6) is 1.78. The molecular formula is C45H93N. The second kappa shape index (κ2) is 39.4. The van der Waals surface area contributed by atoms with E-state index < -0.39 is 0 Å². The van der Waals surface area contributed by atoms with Crippen molar-refractivity contribution >= 4 is 0 Å². The lowest BCUT2D eigenvalue weighted by Gasteiger charge is -2.22. The van der Waals surface area contributed by atoms with E-state index in [1.165, 1.54) is 244 Å². The average molecular weight is 648 g/mol. The molecule has 0 saturated heterocycles. The lowest BCUT2D eigenvalue weighted by atomic mass is 10.0. The molecule has 0 aromatic heterocycles. The first-order chi connectivity index (χ1) is 22.6. The molecule has 46 heavy (non-hydrogen) atoms. The van der Waals surface area contributed by atoms with Gasteiger partial charge in [-0.3, -0.25) is 0 Å². The average Bonchev–Trinajstić information content (AvgIpc) is 3.03. The van der Waals surface area contributed by atoms with E-state index >= 15 is 0 Å². The van der Waals surface area contributed by atoms with Crippen molar-refractivity contribution in [2.24, 2.45) is 11.8 Å². The van der Waals surface area contributed by atoms with Crippen molar-refractivity contribution < 1.29 is 0 Å². The van der Waals surface area contributed by atoms with Gasteiger partial charge in [-0.15, -0.1) is 0 Å². The SMILES string of the molecule is CCCCCCCCCN(CCCCCCCCCCCCCCCC(C)C)CCCCCCCCCCCCCCCC(C)C. The molecule has 1 nitrogen and oxygen atoms in total. The Morgan fingerprint density at radius 2 is 0.457 bits per heavy atom. The van der Waals surface area contributed by atoms with Gasteiger partial charge in [0.15, 0.2) is 0 Å². The number of nitrogens with zero attached hydrogens (tertiary/aromatic N) is 1. The fourth-order valence-electron chi connectivity index (χ4n) is 7.29. The molecule has 0 atom stereocenters. The first-order valence-corrected chi connectivity index (χ1v) is 22.3. The molecule has 0 aliphatic carbocycles. The molecule has 0 N–H and O–H groups in total. The van der Waals surface area contributed by atoms with E-state index in [0.29, 0.717) is 0 Å². The van der Waals surface area contributed by atoms with Gasteiger partial charge in [-0.25, -0.2) is 0 Å². The van der Waals surface area contributed by atoms with Gasteiger partial charge in [-0.2, -0.15) is 0 Å². The van der Waals surface area contributed by atoms with Crippen LogP contribution >= 0.6 is 0 Å². The van der Waals surface area contributed by atoms with Crippen molar-refractivity contribution in [3.05, 3.63) is 0 Å². The molecule has 0 bridgehead atoms. The normalized spacial score (nSPS) is 12.0. The zero-order chi connectivity index (χ0) is 33.6. The molecule has 0 radical (unpaired) electrons. The lowest BCUT2D eigenvalue weighted by Crippen LogP contribution is -2.27. The highest BCUT2D eigenvalue weighted by atomic mass is 15.1. The van der Waals surface area contributed by atoms with Crippen molar-refractivity contribution in [2.45, 2.75) is 259 Å². The Hall–Kier alpha value is -0.0400. The molecule has 0 spiro atoms. The fraction of sp³-hybridized carbons (Fsp3) is 1.00. The summed E-state index contributed by atoms with van der Waals surface area (Å²) in [5, 5.41) is 0. The predicted octanol–water partition coefficient (Wildman–Crippen LogP) is 16.3. The topological polar surface area (TPSA) is 3.24 Å². The van der Waals surface area contributed by atoms with Crippen LogP contribution in [0.3, 0.4) is 0 Å². The minimum Gasteiger partial charge on any atom is -0.303 e. The van der Waals surface area contributed by atoms with Gasteiger partial charge in [-0.05, 0) is 50.7 Å². The van der Waals surface area contributed by atoms with Crippen LogP contribution in [0.1, 0.15) is 259 Å². The summed E-state index contributed by atoms with van der Waals surface area (Å²) in [6.45, 7) is 15.8. The van der Waals surface area contributed by atoms with E-state index in [1.54, 1.807) is 0 Å². The van der Waals surface area contributed by atoms with Crippen LogP contribution in [-0.2, 0) is 0 Å². The highest BCUT2D eigenvalue weighted by molar-refractivity contribution is 4.61. The van der Waals surface area contributed by atoms with Crippen LogP contribution in [0.5, 0.6) is 0 Å². The molecule has 0 saturated carbocycles. The van der Waals surface area contributed by atoms with Gasteiger partial charge in [0.2, 0.25) is 0 Å². The Kier molecular flexibility index (Phi) is 39.4. The summed E-state index contributed by atoms with van der Waals surface area (Å²) in [6, 6.07) is 0. The predicted molar refractivity (Wildman–Crippen MR) is 213 cm³/mol. The van der Waals surface area contributed by atoms with Gasteiger partial charge in [0.05, 0.1) is 0 Å². The Morgan fingerprint density at radius 3 is 0.674 bits per heavy atom. The van der Waals surface area contributed by atoms with Crippen molar-refractivity contribution in [1.29, 1.82) is 0 Å². The molecule has 0 aliphatic rings. The Labute approximate surface area is 295 Å². The highest BCUT2D eigenvalue weighted by Gasteiger charge is 2.05. The quantitative estimate of drug-likeness (QED) is 0.0598. The van der Waals surface area contributed by atoms with Crippen LogP contribution in [-0.4, -0.2) is 24.5 Å². The zero-order valence-electron chi connectivity index (χ0n) is 33.5. The van der Waals surface area contributed by atoms with Gasteiger partial charge >= 0.3 is 0 Å². The highest BCUT2D eigenvalue weighted by Crippen LogP contribution is 2.17. The second-order valence-electron chi connectivity index (χ2n) is 16.5. The molecule has 1 heteroatoms. The van der Waals surface area contributed by atoms with Crippen LogP contribution in [0.15, 0.2) is 0 Å². The summed E-state index contributed by atoms with van der Waals surface area (Å²) < 4.78 is 0. The summed E-state index contributed by atoms with van der Waals surface area (Å²) in [4.78, 5) is 2.86. The van der Waals surface area contributed by atoms with Crippen LogP contribution in [0.25, 0.3) is 0 Å². The first kappa shape index (κ1) is 46.0. The van der Waals surface area contributed by atoms with Crippen LogP contribution in [0.2, 0.25) is 0 Å². The Bertz CT molecular complexity index is 487. The number of hydrogen-bond acceptors (Lipinski definition) is 1. The monoisotopic (exact) mass is 648 g/mol. The van der Waals surface area contributed by atoms with E-state index in [2.05, 4.69) is 39.5 Å². The Morgan fingerprint density at radius 1 is 0.261 bits per heavy atom. The van der Waals surface area contributed by atoms with Crippen LogP contribution in [0.4, 0.5) is 0 Å². The first-order valence-electron chi connectivity index (χ1n) is 22.3. The summed E-state index contributed by atoms with van der Waals surface area (Å²) in [5.41, 5.74) is 0. The molecule has 0 unspecified atom stereocenters. The van der Waals surface area contributed by atoms with Crippen molar-refractivity contribution in [1.82, 2.24) is 4.90 Å². The summed E-state index contributed by atoms with van der Waals surface area (Å²) >= 11 is 0. The second-order valence-corrected chi connectivity index (χ2v) is 16.5. The number of rotatable bonds is 40. The summed E-state index contributed by atoms with van der Waals surface area (Å²) in [6.07, 6.45) is 51.2. The molecular weight excluding hydrogens is 555 g/mol.